The Morgan fingerprint density at radius 3 is 2.34 bits per heavy atom. The molecule has 1 atom stereocenters. The van der Waals surface area contributed by atoms with Crippen LogP contribution in [0.15, 0.2) is 79.1 Å². The molecule has 0 saturated carbocycles. The summed E-state index contributed by atoms with van der Waals surface area (Å²) in [6.07, 6.45) is 6.77. The van der Waals surface area contributed by atoms with Crippen LogP contribution in [0.25, 0.3) is 0 Å². The number of rotatable bonds is 6. The van der Waals surface area contributed by atoms with Crippen LogP contribution < -0.4 is 0 Å². The van der Waals surface area contributed by atoms with Gasteiger partial charge in [0.25, 0.3) is 0 Å². The van der Waals surface area contributed by atoms with Crippen LogP contribution in [0.2, 0.25) is 0 Å². The summed E-state index contributed by atoms with van der Waals surface area (Å²) in [5.41, 5.74) is 3.55. The van der Waals surface area contributed by atoms with Gasteiger partial charge >= 0.3 is 5.97 Å². The van der Waals surface area contributed by atoms with E-state index in [1.807, 2.05) is 41.2 Å². The van der Waals surface area contributed by atoms with Crippen LogP contribution in [-0.2, 0) is 16.0 Å². The van der Waals surface area contributed by atoms with Gasteiger partial charge in [0.2, 0.25) is 0 Å². The van der Waals surface area contributed by atoms with E-state index in [9.17, 15) is 4.79 Å². The molecule has 1 saturated heterocycles. The predicted octanol–water partition coefficient (Wildman–Crippen LogP) is 4.68. The Labute approximate surface area is 190 Å². The van der Waals surface area contributed by atoms with E-state index in [2.05, 4.69) is 59.2 Å². The van der Waals surface area contributed by atoms with Gasteiger partial charge in [0.1, 0.15) is 6.04 Å². The quantitative estimate of drug-likeness (QED) is 0.424. The summed E-state index contributed by atoms with van der Waals surface area (Å²) in [4.78, 5) is 14.6. The minimum Gasteiger partial charge on any atom is -0.467 e. The van der Waals surface area contributed by atoms with E-state index in [0.717, 1.165) is 30.8 Å². The highest BCUT2D eigenvalue weighted by molar-refractivity contribution is 5.74. The van der Waals surface area contributed by atoms with Crippen molar-refractivity contribution in [1.82, 2.24) is 9.47 Å². The average Bonchev–Trinajstić information content (AvgIpc) is 3.39. The molecular formula is C28H30N2O2. The van der Waals surface area contributed by atoms with Crippen molar-refractivity contribution in [2.24, 2.45) is 0 Å². The second kappa shape index (κ2) is 10.8. The minimum atomic E-state index is -0.356. The van der Waals surface area contributed by atoms with Crippen LogP contribution in [0.5, 0.6) is 0 Å². The first-order valence-electron chi connectivity index (χ1n) is 11.3. The molecule has 2 aromatic carbocycles. The van der Waals surface area contributed by atoms with Gasteiger partial charge in [0.05, 0.1) is 13.7 Å². The summed E-state index contributed by atoms with van der Waals surface area (Å²) in [7, 11) is 1.43. The zero-order valence-electron chi connectivity index (χ0n) is 18.6. The summed E-state index contributed by atoms with van der Waals surface area (Å²) in [6.45, 7) is 3.00. The fourth-order valence-electron chi connectivity index (χ4n) is 4.35. The number of ether oxygens (including phenoxy) is 1. The molecule has 0 N–H and O–H groups in total. The van der Waals surface area contributed by atoms with Crippen LogP contribution in [0.4, 0.5) is 0 Å². The van der Waals surface area contributed by atoms with Crippen LogP contribution in [-0.4, -0.2) is 42.2 Å². The molecule has 1 fully saturated rings. The number of likely N-dealkylation sites (tertiary alicyclic amines) is 1. The molecule has 164 valence electrons. The third-order valence-electron chi connectivity index (χ3n) is 6.24. The fourth-order valence-corrected chi connectivity index (χ4v) is 4.35. The number of carbonyl (C=O) groups is 1. The summed E-state index contributed by atoms with van der Waals surface area (Å²) in [6, 6.07) is 22.5. The number of aromatic nitrogens is 1. The van der Waals surface area contributed by atoms with E-state index < -0.39 is 0 Å². The number of benzene rings is 2. The number of carbonyl (C=O) groups excluding carboxylic acids is 1. The molecule has 0 bridgehead atoms. The van der Waals surface area contributed by atoms with Crippen molar-refractivity contribution in [1.29, 1.82) is 0 Å². The lowest BCUT2D eigenvalue weighted by Gasteiger charge is -2.30. The molecule has 0 amide bonds. The standard InChI is InChI=1S/C28H30N2O2/c1-32-28(31)27(30-18-5-6-19-30)22-24-13-11-23(12-14-24)8-7-17-29-20-15-26(16-21-29)25-9-3-2-4-10-25/h2-6,9-14,18-19,26-27H,15-17,20-22H2,1H3. The number of methoxy groups -OCH3 is 1. The highest BCUT2D eigenvalue weighted by Gasteiger charge is 2.21. The van der Waals surface area contributed by atoms with Gasteiger partial charge in [-0.05, 0) is 67.2 Å². The largest absolute Gasteiger partial charge is 0.467 e. The van der Waals surface area contributed by atoms with E-state index in [0.29, 0.717) is 12.3 Å². The van der Waals surface area contributed by atoms with Gasteiger partial charge in [0, 0.05) is 24.4 Å². The third kappa shape index (κ3) is 5.69. The van der Waals surface area contributed by atoms with Crippen molar-refractivity contribution in [3.8, 4) is 11.8 Å². The monoisotopic (exact) mass is 426 g/mol. The number of esters is 1. The van der Waals surface area contributed by atoms with Gasteiger partial charge in [0.15, 0.2) is 0 Å². The zero-order valence-corrected chi connectivity index (χ0v) is 18.6. The summed E-state index contributed by atoms with van der Waals surface area (Å²) >= 11 is 0. The molecule has 2 heterocycles. The molecule has 1 aliphatic heterocycles. The van der Waals surface area contributed by atoms with Gasteiger partial charge < -0.3 is 9.30 Å². The molecule has 4 heteroatoms. The Kier molecular flexibility index (Phi) is 7.42. The molecule has 4 rings (SSSR count). The highest BCUT2D eigenvalue weighted by atomic mass is 16.5. The number of hydrogen-bond donors (Lipinski definition) is 0. The van der Waals surface area contributed by atoms with E-state index in [-0.39, 0.29) is 12.0 Å². The molecule has 4 nitrogen and oxygen atoms in total. The smallest absolute Gasteiger partial charge is 0.329 e. The van der Waals surface area contributed by atoms with Crippen LogP contribution in [0.1, 0.15) is 41.5 Å². The number of nitrogens with zero attached hydrogens (tertiary/aromatic N) is 2. The Balaban J connectivity index is 1.29. The predicted molar refractivity (Wildman–Crippen MR) is 127 cm³/mol. The SMILES string of the molecule is COC(=O)C(Cc1ccc(C#CCN2CCC(c3ccccc3)CC2)cc1)n1cccc1. The topological polar surface area (TPSA) is 34.5 Å². The molecule has 3 aromatic rings. The first kappa shape index (κ1) is 21.9. The van der Waals surface area contributed by atoms with Crippen LogP contribution >= 0.6 is 0 Å². The molecule has 0 aliphatic carbocycles. The van der Waals surface area contributed by atoms with Crippen molar-refractivity contribution in [2.45, 2.75) is 31.2 Å². The van der Waals surface area contributed by atoms with Crippen molar-refractivity contribution < 1.29 is 9.53 Å². The average molecular weight is 427 g/mol. The number of hydrogen-bond acceptors (Lipinski definition) is 3. The maximum absolute atomic E-state index is 12.2. The normalized spacial score (nSPS) is 15.5. The van der Waals surface area contributed by atoms with Crippen LogP contribution in [0.3, 0.4) is 0 Å². The van der Waals surface area contributed by atoms with Gasteiger partial charge in [-0.1, -0.05) is 54.3 Å². The minimum absolute atomic E-state index is 0.235. The number of piperidine rings is 1. The lowest BCUT2D eigenvalue weighted by molar-refractivity contribution is -0.144. The van der Waals surface area contributed by atoms with Crippen molar-refractivity contribution in [3.63, 3.8) is 0 Å². The summed E-state index contributed by atoms with van der Waals surface area (Å²) in [5.74, 6) is 7.06. The second-order valence-corrected chi connectivity index (χ2v) is 8.33. The maximum atomic E-state index is 12.2. The molecular weight excluding hydrogens is 396 g/mol. The summed E-state index contributed by atoms with van der Waals surface area (Å²) in [5, 5.41) is 0. The van der Waals surface area contributed by atoms with E-state index >= 15 is 0 Å². The van der Waals surface area contributed by atoms with E-state index in [4.69, 9.17) is 4.74 Å². The van der Waals surface area contributed by atoms with E-state index in [1.54, 1.807) is 0 Å². The van der Waals surface area contributed by atoms with Gasteiger partial charge in [-0.25, -0.2) is 4.79 Å². The molecule has 0 radical (unpaired) electrons. The Morgan fingerprint density at radius 1 is 1.00 bits per heavy atom. The lowest BCUT2D eigenvalue weighted by Crippen LogP contribution is -2.33. The first-order chi connectivity index (χ1) is 15.7. The molecule has 0 spiro atoms. The van der Waals surface area contributed by atoms with Gasteiger partial charge in [-0.2, -0.15) is 0 Å². The lowest BCUT2D eigenvalue weighted by atomic mass is 9.89. The Bertz CT molecular complexity index is 1040. The van der Waals surface area contributed by atoms with Crippen molar-refractivity contribution in [3.05, 3.63) is 95.8 Å². The molecule has 1 aromatic heterocycles. The highest BCUT2D eigenvalue weighted by Crippen LogP contribution is 2.27. The van der Waals surface area contributed by atoms with Crippen molar-refractivity contribution in [2.75, 3.05) is 26.7 Å². The van der Waals surface area contributed by atoms with Crippen LogP contribution in [0, 0.1) is 11.8 Å². The molecule has 1 aliphatic rings. The van der Waals surface area contributed by atoms with E-state index in [1.165, 1.54) is 25.5 Å². The zero-order chi connectivity index (χ0) is 22.2. The molecule has 32 heavy (non-hydrogen) atoms. The fraction of sp³-hybridized carbons (Fsp3) is 0.321. The van der Waals surface area contributed by atoms with Crippen molar-refractivity contribution >= 4 is 5.97 Å². The Hall–Kier alpha value is -3.29. The second-order valence-electron chi connectivity index (χ2n) is 8.33. The molecule has 1 unspecified atom stereocenters. The Morgan fingerprint density at radius 2 is 1.69 bits per heavy atom. The maximum Gasteiger partial charge on any atom is 0.329 e. The van der Waals surface area contributed by atoms with Gasteiger partial charge in [-0.3, -0.25) is 4.90 Å². The first-order valence-corrected chi connectivity index (χ1v) is 11.3. The summed E-state index contributed by atoms with van der Waals surface area (Å²) < 4.78 is 6.88. The van der Waals surface area contributed by atoms with Gasteiger partial charge in [-0.15, -0.1) is 0 Å². The third-order valence-corrected chi connectivity index (χ3v) is 6.24.